The van der Waals surface area contributed by atoms with E-state index in [1.807, 2.05) is 13.0 Å². The molecule has 2 rings (SSSR count). The van der Waals surface area contributed by atoms with Gasteiger partial charge in [-0.2, -0.15) is 5.26 Å². The highest BCUT2D eigenvalue weighted by molar-refractivity contribution is 6.09. The molecule has 0 heterocycles. The number of nitrogens with zero attached hydrogens (tertiary/aromatic N) is 1. The Bertz CT molecular complexity index is 907. The zero-order valence-electron chi connectivity index (χ0n) is 16.8. The zero-order valence-corrected chi connectivity index (χ0v) is 16.8. The quantitative estimate of drug-likeness (QED) is 0.403. The van der Waals surface area contributed by atoms with Crippen LogP contribution < -0.4 is 10.1 Å². The molecule has 0 saturated heterocycles. The van der Waals surface area contributed by atoms with E-state index in [2.05, 4.69) is 5.32 Å². The number of hydrogen-bond donors (Lipinski definition) is 1. The standard InChI is InChI=1S/C23H24N2O4/c1-4-13-28-21-11-5-17(6-12-21)14-19(15-24)22(26)25-20-9-7-18(8-10-20)23(27)29-16(2)3/h5-12,14,16H,4,13H2,1-3H3,(H,25,26)/b19-14+. The predicted octanol–water partition coefficient (Wildman–Crippen LogP) is 4.59. The van der Waals surface area contributed by atoms with E-state index in [0.717, 1.165) is 12.2 Å². The summed E-state index contributed by atoms with van der Waals surface area (Å²) in [5.74, 6) is -0.221. The number of carbonyl (C=O) groups excluding carboxylic acids is 2. The summed E-state index contributed by atoms with van der Waals surface area (Å²) in [5, 5.41) is 12.0. The van der Waals surface area contributed by atoms with Crippen LogP contribution in [0, 0.1) is 11.3 Å². The van der Waals surface area contributed by atoms with Crippen molar-refractivity contribution >= 4 is 23.6 Å². The lowest BCUT2D eigenvalue weighted by Gasteiger charge is -2.09. The monoisotopic (exact) mass is 392 g/mol. The first-order valence-electron chi connectivity index (χ1n) is 9.40. The van der Waals surface area contributed by atoms with E-state index in [1.165, 1.54) is 6.08 Å². The molecule has 6 heteroatoms. The third-order valence-electron chi connectivity index (χ3n) is 3.75. The van der Waals surface area contributed by atoms with Crippen LogP contribution in [0.2, 0.25) is 0 Å². The number of carbonyl (C=O) groups is 2. The molecular weight excluding hydrogens is 368 g/mol. The highest BCUT2D eigenvalue weighted by atomic mass is 16.5. The van der Waals surface area contributed by atoms with Crippen molar-refractivity contribution in [1.29, 1.82) is 5.26 Å². The van der Waals surface area contributed by atoms with Crippen LogP contribution in [-0.2, 0) is 9.53 Å². The Balaban J connectivity index is 2.05. The van der Waals surface area contributed by atoms with Crippen LogP contribution >= 0.6 is 0 Å². The lowest BCUT2D eigenvalue weighted by Crippen LogP contribution is -2.14. The molecule has 1 N–H and O–H groups in total. The van der Waals surface area contributed by atoms with Crippen molar-refractivity contribution in [3.63, 3.8) is 0 Å². The van der Waals surface area contributed by atoms with E-state index >= 15 is 0 Å². The molecule has 0 saturated carbocycles. The van der Waals surface area contributed by atoms with Gasteiger partial charge >= 0.3 is 5.97 Å². The van der Waals surface area contributed by atoms with Gasteiger partial charge in [0.05, 0.1) is 18.3 Å². The van der Waals surface area contributed by atoms with Crippen molar-refractivity contribution in [2.24, 2.45) is 0 Å². The lowest BCUT2D eigenvalue weighted by molar-refractivity contribution is -0.112. The number of rotatable bonds is 8. The van der Waals surface area contributed by atoms with Crippen molar-refractivity contribution in [1.82, 2.24) is 0 Å². The van der Waals surface area contributed by atoms with Crippen LogP contribution in [0.1, 0.15) is 43.1 Å². The molecule has 0 aliphatic carbocycles. The van der Waals surface area contributed by atoms with Gasteiger partial charge in [0.25, 0.3) is 5.91 Å². The maximum absolute atomic E-state index is 12.4. The minimum atomic E-state index is -0.531. The van der Waals surface area contributed by atoms with E-state index < -0.39 is 11.9 Å². The van der Waals surface area contributed by atoms with Gasteiger partial charge in [0, 0.05) is 5.69 Å². The fourth-order valence-electron chi connectivity index (χ4n) is 2.37. The third-order valence-corrected chi connectivity index (χ3v) is 3.75. The van der Waals surface area contributed by atoms with Crippen molar-refractivity contribution in [2.45, 2.75) is 33.3 Å². The lowest BCUT2D eigenvalue weighted by atomic mass is 10.1. The van der Waals surface area contributed by atoms with Gasteiger partial charge in [0.2, 0.25) is 0 Å². The summed E-state index contributed by atoms with van der Waals surface area (Å²) in [6.45, 7) is 6.21. The van der Waals surface area contributed by atoms with Gasteiger partial charge < -0.3 is 14.8 Å². The molecule has 29 heavy (non-hydrogen) atoms. The molecule has 0 aliphatic rings. The van der Waals surface area contributed by atoms with Gasteiger partial charge in [-0.1, -0.05) is 19.1 Å². The second kappa shape index (κ2) is 10.7. The molecule has 0 fully saturated rings. The number of ether oxygens (including phenoxy) is 2. The number of hydrogen-bond acceptors (Lipinski definition) is 5. The van der Waals surface area contributed by atoms with Crippen molar-refractivity contribution in [3.05, 3.63) is 65.2 Å². The molecule has 0 spiro atoms. The summed E-state index contributed by atoms with van der Waals surface area (Å²) in [4.78, 5) is 24.3. The second-order valence-corrected chi connectivity index (χ2v) is 6.57. The van der Waals surface area contributed by atoms with Crippen molar-refractivity contribution in [2.75, 3.05) is 11.9 Å². The van der Waals surface area contributed by atoms with Crippen LogP contribution in [0.4, 0.5) is 5.69 Å². The summed E-state index contributed by atoms with van der Waals surface area (Å²) in [6.07, 6.45) is 2.21. The molecule has 1 amide bonds. The summed E-state index contributed by atoms with van der Waals surface area (Å²) >= 11 is 0. The van der Waals surface area contributed by atoms with E-state index in [9.17, 15) is 14.9 Å². The Morgan fingerprint density at radius 1 is 1.10 bits per heavy atom. The predicted molar refractivity (Wildman–Crippen MR) is 111 cm³/mol. The van der Waals surface area contributed by atoms with Gasteiger partial charge in [-0.05, 0) is 68.3 Å². The Hall–Kier alpha value is -3.59. The summed E-state index contributed by atoms with van der Waals surface area (Å²) in [5.41, 5.74) is 1.54. The number of amides is 1. The molecular formula is C23H24N2O4. The average Bonchev–Trinajstić information content (AvgIpc) is 2.71. The molecule has 0 bridgehead atoms. The van der Waals surface area contributed by atoms with E-state index in [-0.39, 0.29) is 11.7 Å². The number of anilines is 1. The van der Waals surface area contributed by atoms with Gasteiger partial charge in [-0.25, -0.2) is 4.79 Å². The van der Waals surface area contributed by atoms with Crippen LogP contribution in [0.25, 0.3) is 6.08 Å². The molecule has 6 nitrogen and oxygen atoms in total. The van der Waals surface area contributed by atoms with E-state index in [0.29, 0.717) is 23.4 Å². The number of benzene rings is 2. The average molecular weight is 392 g/mol. The van der Waals surface area contributed by atoms with Crippen LogP contribution in [0.3, 0.4) is 0 Å². The summed E-state index contributed by atoms with van der Waals surface area (Å²) < 4.78 is 10.6. The van der Waals surface area contributed by atoms with Gasteiger partial charge in [-0.3, -0.25) is 4.79 Å². The first kappa shape index (κ1) is 21.7. The van der Waals surface area contributed by atoms with Gasteiger partial charge in [-0.15, -0.1) is 0 Å². The first-order valence-corrected chi connectivity index (χ1v) is 9.40. The number of nitriles is 1. The Labute approximate surface area is 170 Å². The van der Waals surface area contributed by atoms with E-state index in [1.54, 1.807) is 62.4 Å². The third kappa shape index (κ3) is 6.82. The number of esters is 1. The first-order chi connectivity index (χ1) is 13.9. The minimum Gasteiger partial charge on any atom is -0.494 e. The molecule has 0 aliphatic heterocycles. The maximum atomic E-state index is 12.4. The Morgan fingerprint density at radius 3 is 2.31 bits per heavy atom. The highest BCUT2D eigenvalue weighted by Crippen LogP contribution is 2.16. The maximum Gasteiger partial charge on any atom is 0.338 e. The van der Waals surface area contributed by atoms with E-state index in [4.69, 9.17) is 9.47 Å². The normalized spacial score (nSPS) is 10.9. The highest BCUT2D eigenvalue weighted by Gasteiger charge is 2.12. The van der Waals surface area contributed by atoms with Crippen molar-refractivity contribution in [3.8, 4) is 11.8 Å². The molecule has 2 aromatic carbocycles. The van der Waals surface area contributed by atoms with Gasteiger partial charge in [0.15, 0.2) is 0 Å². The zero-order chi connectivity index (χ0) is 21.2. The SMILES string of the molecule is CCCOc1ccc(/C=C(\C#N)C(=O)Nc2ccc(C(=O)OC(C)C)cc2)cc1. The second-order valence-electron chi connectivity index (χ2n) is 6.57. The largest absolute Gasteiger partial charge is 0.494 e. The fraction of sp³-hybridized carbons (Fsp3) is 0.261. The van der Waals surface area contributed by atoms with Gasteiger partial charge in [0.1, 0.15) is 17.4 Å². The summed E-state index contributed by atoms with van der Waals surface area (Å²) in [7, 11) is 0. The smallest absolute Gasteiger partial charge is 0.338 e. The van der Waals surface area contributed by atoms with Crippen LogP contribution in [0.5, 0.6) is 5.75 Å². The Kier molecular flexibility index (Phi) is 7.99. The number of nitrogens with one attached hydrogen (secondary N) is 1. The summed E-state index contributed by atoms with van der Waals surface area (Å²) in [6, 6.07) is 15.4. The van der Waals surface area contributed by atoms with Crippen LogP contribution in [0.15, 0.2) is 54.1 Å². The molecule has 0 aromatic heterocycles. The topological polar surface area (TPSA) is 88.4 Å². The molecule has 0 unspecified atom stereocenters. The molecule has 0 atom stereocenters. The molecule has 2 aromatic rings. The Morgan fingerprint density at radius 2 is 1.76 bits per heavy atom. The molecule has 150 valence electrons. The molecule has 0 radical (unpaired) electrons. The minimum absolute atomic E-state index is 0.0319. The van der Waals surface area contributed by atoms with Crippen LogP contribution in [-0.4, -0.2) is 24.6 Å². The fourth-order valence-corrected chi connectivity index (χ4v) is 2.37. The van der Waals surface area contributed by atoms with Crippen molar-refractivity contribution < 1.29 is 19.1 Å².